The summed E-state index contributed by atoms with van der Waals surface area (Å²) in [5.74, 6) is 0.656. The molecule has 1 aliphatic rings. The fourth-order valence-corrected chi connectivity index (χ4v) is 4.44. The number of fused-ring (bicyclic) bond motifs is 3. The van der Waals surface area contributed by atoms with Crippen molar-refractivity contribution in [2.75, 3.05) is 14.1 Å². The van der Waals surface area contributed by atoms with Crippen LogP contribution in [0.4, 0.5) is 0 Å². The SMILES string of the molecule is C=C1Oc2cc(CCC)c(S(=O)(=O)N(C)C)c(O)c2-c2cc(C)ccc21. The van der Waals surface area contributed by atoms with Gasteiger partial charge in [-0.05, 0) is 25.0 Å². The van der Waals surface area contributed by atoms with E-state index in [1.165, 1.54) is 14.1 Å². The molecule has 0 saturated heterocycles. The largest absolute Gasteiger partial charge is 0.506 e. The number of sulfonamides is 1. The van der Waals surface area contributed by atoms with E-state index in [-0.39, 0.29) is 10.6 Å². The van der Waals surface area contributed by atoms with Crippen molar-refractivity contribution in [1.82, 2.24) is 4.31 Å². The van der Waals surface area contributed by atoms with Gasteiger partial charge in [0.25, 0.3) is 0 Å². The molecule has 0 amide bonds. The van der Waals surface area contributed by atoms with Crippen molar-refractivity contribution in [1.29, 1.82) is 0 Å². The molecule has 26 heavy (non-hydrogen) atoms. The number of benzene rings is 2. The van der Waals surface area contributed by atoms with Gasteiger partial charge in [0, 0.05) is 25.2 Å². The predicted molar refractivity (Wildman–Crippen MR) is 103 cm³/mol. The first-order valence-corrected chi connectivity index (χ1v) is 9.92. The summed E-state index contributed by atoms with van der Waals surface area (Å²) >= 11 is 0. The molecule has 2 aromatic rings. The van der Waals surface area contributed by atoms with Gasteiger partial charge in [-0.15, -0.1) is 0 Å². The Balaban J connectivity index is 2.41. The highest BCUT2D eigenvalue weighted by molar-refractivity contribution is 7.89. The highest BCUT2D eigenvalue weighted by Crippen LogP contribution is 2.50. The van der Waals surface area contributed by atoms with Crippen LogP contribution in [-0.4, -0.2) is 31.9 Å². The zero-order chi connectivity index (χ0) is 19.2. The number of rotatable bonds is 4. The van der Waals surface area contributed by atoms with E-state index in [0.717, 1.165) is 27.4 Å². The van der Waals surface area contributed by atoms with E-state index in [9.17, 15) is 13.5 Å². The van der Waals surface area contributed by atoms with E-state index >= 15 is 0 Å². The Morgan fingerprint density at radius 2 is 1.88 bits per heavy atom. The summed E-state index contributed by atoms with van der Waals surface area (Å²) in [6, 6.07) is 7.42. The molecule has 1 N–H and O–H groups in total. The molecule has 0 radical (unpaired) electrons. The molecule has 0 fully saturated rings. The molecular weight excluding hydrogens is 350 g/mol. The Morgan fingerprint density at radius 1 is 1.19 bits per heavy atom. The third-order valence-electron chi connectivity index (χ3n) is 4.53. The van der Waals surface area contributed by atoms with Gasteiger partial charge in [-0.3, -0.25) is 0 Å². The zero-order valence-electron chi connectivity index (χ0n) is 15.5. The van der Waals surface area contributed by atoms with Crippen LogP contribution in [0.15, 0.2) is 35.7 Å². The summed E-state index contributed by atoms with van der Waals surface area (Å²) in [6.07, 6.45) is 1.25. The second-order valence-corrected chi connectivity index (χ2v) is 8.79. The molecular formula is C20H23NO4S. The quantitative estimate of drug-likeness (QED) is 0.882. The Labute approximate surface area is 154 Å². The van der Waals surface area contributed by atoms with E-state index in [0.29, 0.717) is 29.1 Å². The molecule has 0 atom stereocenters. The van der Waals surface area contributed by atoms with Crippen molar-refractivity contribution in [3.8, 4) is 22.6 Å². The summed E-state index contributed by atoms with van der Waals surface area (Å²) in [5.41, 5.74) is 3.41. The standard InChI is InChI=1S/C20H23NO4S/c1-6-7-14-11-17-18(19(22)20(14)26(23,24)21(4)5)16-10-12(2)8-9-15(16)13(3)25-17/h8-11,22H,3,6-7H2,1-2,4-5H3. The minimum atomic E-state index is -3.81. The molecule has 1 heterocycles. The number of phenolic OH excluding ortho intramolecular Hbond substituents is 1. The topological polar surface area (TPSA) is 66.8 Å². The number of aryl methyl sites for hydroxylation is 2. The lowest BCUT2D eigenvalue weighted by Crippen LogP contribution is -2.24. The summed E-state index contributed by atoms with van der Waals surface area (Å²) < 4.78 is 32.7. The van der Waals surface area contributed by atoms with Crippen LogP contribution in [0.1, 0.15) is 30.0 Å². The Kier molecular flexibility index (Phi) is 4.58. The molecule has 138 valence electrons. The Hall–Kier alpha value is -2.31. The smallest absolute Gasteiger partial charge is 0.246 e. The van der Waals surface area contributed by atoms with Crippen LogP contribution in [0.25, 0.3) is 16.9 Å². The van der Waals surface area contributed by atoms with Crippen molar-refractivity contribution in [2.45, 2.75) is 31.6 Å². The van der Waals surface area contributed by atoms with E-state index < -0.39 is 10.0 Å². The van der Waals surface area contributed by atoms with Gasteiger partial charge < -0.3 is 9.84 Å². The second kappa shape index (κ2) is 6.45. The number of ether oxygens (including phenoxy) is 1. The summed E-state index contributed by atoms with van der Waals surface area (Å²) in [6.45, 7) is 7.86. The fraction of sp³-hybridized carbons (Fsp3) is 0.300. The number of aromatic hydroxyl groups is 1. The van der Waals surface area contributed by atoms with E-state index in [2.05, 4.69) is 6.58 Å². The van der Waals surface area contributed by atoms with Crippen LogP contribution in [0, 0.1) is 6.92 Å². The van der Waals surface area contributed by atoms with Gasteiger partial charge in [0.05, 0.1) is 5.56 Å². The van der Waals surface area contributed by atoms with Crippen molar-refractivity contribution in [3.63, 3.8) is 0 Å². The van der Waals surface area contributed by atoms with Gasteiger partial charge >= 0.3 is 0 Å². The Bertz CT molecular complexity index is 1010. The Morgan fingerprint density at radius 3 is 2.50 bits per heavy atom. The normalized spacial score (nSPS) is 13.3. The summed E-state index contributed by atoms with van der Waals surface area (Å²) in [7, 11) is -0.897. The third-order valence-corrected chi connectivity index (χ3v) is 6.46. The predicted octanol–water partition coefficient (Wildman–Crippen LogP) is 3.93. The van der Waals surface area contributed by atoms with E-state index in [4.69, 9.17) is 4.74 Å². The highest BCUT2D eigenvalue weighted by atomic mass is 32.2. The van der Waals surface area contributed by atoms with Gasteiger partial charge in [-0.1, -0.05) is 43.7 Å². The van der Waals surface area contributed by atoms with E-state index in [1.54, 1.807) is 6.07 Å². The minimum Gasteiger partial charge on any atom is -0.506 e. The first-order valence-electron chi connectivity index (χ1n) is 8.48. The first kappa shape index (κ1) is 18.5. The van der Waals surface area contributed by atoms with Crippen molar-refractivity contribution < 1.29 is 18.3 Å². The summed E-state index contributed by atoms with van der Waals surface area (Å²) in [4.78, 5) is -0.0494. The van der Waals surface area contributed by atoms with E-state index in [1.807, 2.05) is 32.0 Å². The van der Waals surface area contributed by atoms with Crippen molar-refractivity contribution in [2.24, 2.45) is 0 Å². The van der Waals surface area contributed by atoms with Crippen LogP contribution in [0.5, 0.6) is 11.5 Å². The molecule has 0 spiro atoms. The number of nitrogens with zero attached hydrogens (tertiary/aromatic N) is 1. The van der Waals surface area contributed by atoms with Gasteiger partial charge in [0.2, 0.25) is 10.0 Å². The van der Waals surface area contributed by atoms with Gasteiger partial charge in [0.1, 0.15) is 22.2 Å². The third kappa shape index (κ3) is 2.79. The molecule has 6 heteroatoms. The second-order valence-electron chi connectivity index (χ2n) is 6.70. The fourth-order valence-electron chi connectivity index (χ4n) is 3.24. The van der Waals surface area contributed by atoms with Crippen LogP contribution < -0.4 is 4.74 Å². The van der Waals surface area contributed by atoms with Crippen molar-refractivity contribution >= 4 is 15.8 Å². The maximum absolute atomic E-state index is 12.9. The molecule has 0 aliphatic carbocycles. The number of hydrogen-bond acceptors (Lipinski definition) is 4. The maximum Gasteiger partial charge on any atom is 0.246 e. The number of phenols is 1. The van der Waals surface area contributed by atoms with Gasteiger partial charge in [-0.2, -0.15) is 0 Å². The average molecular weight is 373 g/mol. The van der Waals surface area contributed by atoms with Crippen LogP contribution in [0.3, 0.4) is 0 Å². The van der Waals surface area contributed by atoms with Gasteiger partial charge in [-0.25, -0.2) is 12.7 Å². The molecule has 5 nitrogen and oxygen atoms in total. The van der Waals surface area contributed by atoms with Crippen molar-refractivity contribution in [3.05, 3.63) is 47.5 Å². The molecule has 2 aromatic carbocycles. The lowest BCUT2D eigenvalue weighted by Gasteiger charge is -2.26. The molecule has 0 aromatic heterocycles. The van der Waals surface area contributed by atoms with Crippen LogP contribution in [-0.2, 0) is 16.4 Å². The average Bonchev–Trinajstić information content (AvgIpc) is 2.54. The molecule has 3 rings (SSSR count). The molecule has 0 unspecified atom stereocenters. The first-order chi connectivity index (χ1) is 12.2. The monoisotopic (exact) mass is 373 g/mol. The molecule has 0 bridgehead atoms. The van der Waals surface area contributed by atoms with Gasteiger partial charge in [0.15, 0.2) is 0 Å². The lowest BCUT2D eigenvalue weighted by atomic mass is 9.91. The zero-order valence-corrected chi connectivity index (χ0v) is 16.3. The molecule has 0 saturated carbocycles. The molecule has 1 aliphatic heterocycles. The summed E-state index contributed by atoms with van der Waals surface area (Å²) in [5, 5.41) is 11.0. The van der Waals surface area contributed by atoms with Crippen LogP contribution >= 0.6 is 0 Å². The maximum atomic E-state index is 12.9. The number of hydrogen-bond donors (Lipinski definition) is 1. The minimum absolute atomic E-state index is 0.0494. The lowest BCUT2D eigenvalue weighted by molar-refractivity contribution is 0.442. The van der Waals surface area contributed by atoms with Crippen LogP contribution in [0.2, 0.25) is 0 Å². The highest BCUT2D eigenvalue weighted by Gasteiger charge is 2.33.